The fourth-order valence-electron chi connectivity index (χ4n) is 1.70. The standard InChI is InChI=1S/C11H19N3O4S/c1-3-5-14(6-4-2)19(17,18)10-7-12-13(8-10)9-11(15)16/h7-8H,3-6,9H2,1-2H3,(H,15,16). The number of carboxylic acids is 1. The highest BCUT2D eigenvalue weighted by atomic mass is 32.2. The third-order valence-electron chi connectivity index (χ3n) is 2.49. The molecule has 0 atom stereocenters. The van der Waals surface area contributed by atoms with Gasteiger partial charge >= 0.3 is 5.97 Å². The van der Waals surface area contributed by atoms with Gasteiger partial charge in [0.2, 0.25) is 10.0 Å². The molecule has 1 aromatic heterocycles. The third kappa shape index (κ3) is 4.03. The lowest BCUT2D eigenvalue weighted by atomic mass is 10.4. The SMILES string of the molecule is CCCN(CCC)S(=O)(=O)c1cnn(CC(=O)O)c1. The van der Waals surface area contributed by atoms with Crippen LogP contribution in [0.5, 0.6) is 0 Å². The van der Waals surface area contributed by atoms with E-state index in [0.29, 0.717) is 13.1 Å². The monoisotopic (exact) mass is 289 g/mol. The lowest BCUT2D eigenvalue weighted by molar-refractivity contribution is -0.137. The number of sulfonamides is 1. The molecule has 1 aromatic rings. The predicted molar refractivity (Wildman–Crippen MR) is 69.2 cm³/mol. The Bertz CT molecular complexity index is 518. The smallest absolute Gasteiger partial charge is 0.325 e. The first-order valence-corrected chi connectivity index (χ1v) is 7.60. The highest BCUT2D eigenvalue weighted by Gasteiger charge is 2.24. The van der Waals surface area contributed by atoms with Crippen molar-refractivity contribution in [2.75, 3.05) is 13.1 Å². The van der Waals surface area contributed by atoms with Crippen LogP contribution in [0, 0.1) is 0 Å². The van der Waals surface area contributed by atoms with Gasteiger partial charge in [-0.3, -0.25) is 9.48 Å². The van der Waals surface area contributed by atoms with Gasteiger partial charge in [0, 0.05) is 19.3 Å². The second-order valence-electron chi connectivity index (χ2n) is 4.17. The van der Waals surface area contributed by atoms with Gasteiger partial charge in [-0.15, -0.1) is 0 Å². The molecule has 7 nitrogen and oxygen atoms in total. The molecule has 0 aliphatic carbocycles. The molecule has 0 bridgehead atoms. The molecular formula is C11H19N3O4S. The minimum Gasteiger partial charge on any atom is -0.480 e. The summed E-state index contributed by atoms with van der Waals surface area (Å²) in [4.78, 5) is 10.6. The quantitative estimate of drug-likeness (QED) is 0.763. The summed E-state index contributed by atoms with van der Waals surface area (Å²) in [5.74, 6) is -1.06. The number of nitrogens with zero attached hydrogens (tertiary/aromatic N) is 3. The van der Waals surface area contributed by atoms with Crippen LogP contribution in [-0.4, -0.2) is 46.7 Å². The van der Waals surface area contributed by atoms with E-state index in [2.05, 4.69) is 5.10 Å². The zero-order chi connectivity index (χ0) is 14.5. The molecule has 19 heavy (non-hydrogen) atoms. The van der Waals surface area contributed by atoms with Crippen LogP contribution in [0.1, 0.15) is 26.7 Å². The highest BCUT2D eigenvalue weighted by molar-refractivity contribution is 7.89. The lowest BCUT2D eigenvalue weighted by Gasteiger charge is -2.19. The van der Waals surface area contributed by atoms with Gasteiger partial charge < -0.3 is 5.11 Å². The Morgan fingerprint density at radius 3 is 2.42 bits per heavy atom. The molecule has 8 heteroatoms. The van der Waals surface area contributed by atoms with E-state index in [9.17, 15) is 13.2 Å². The van der Waals surface area contributed by atoms with Crippen LogP contribution in [-0.2, 0) is 21.4 Å². The summed E-state index contributed by atoms with van der Waals surface area (Å²) in [5.41, 5.74) is 0. The van der Waals surface area contributed by atoms with Gasteiger partial charge in [0.25, 0.3) is 0 Å². The van der Waals surface area contributed by atoms with E-state index in [1.807, 2.05) is 13.8 Å². The Morgan fingerprint density at radius 1 is 1.37 bits per heavy atom. The molecular weight excluding hydrogens is 270 g/mol. The Kier molecular flexibility index (Phi) is 5.49. The first-order valence-electron chi connectivity index (χ1n) is 6.16. The first-order chi connectivity index (χ1) is 8.91. The summed E-state index contributed by atoms with van der Waals surface area (Å²) in [6.45, 7) is 4.36. The van der Waals surface area contributed by atoms with E-state index in [0.717, 1.165) is 17.5 Å². The lowest BCUT2D eigenvalue weighted by Crippen LogP contribution is -2.32. The molecule has 0 aliphatic rings. The number of rotatable bonds is 8. The zero-order valence-electron chi connectivity index (χ0n) is 11.1. The maximum Gasteiger partial charge on any atom is 0.325 e. The summed E-state index contributed by atoms with van der Waals surface area (Å²) in [5, 5.41) is 12.4. The van der Waals surface area contributed by atoms with Crippen molar-refractivity contribution in [1.82, 2.24) is 14.1 Å². The maximum absolute atomic E-state index is 12.3. The fraction of sp³-hybridized carbons (Fsp3) is 0.636. The normalized spacial score (nSPS) is 11.9. The third-order valence-corrected chi connectivity index (χ3v) is 4.34. The Hall–Kier alpha value is -1.41. The van der Waals surface area contributed by atoms with Gasteiger partial charge in [-0.1, -0.05) is 13.8 Å². The van der Waals surface area contributed by atoms with Crippen LogP contribution >= 0.6 is 0 Å². The molecule has 1 rings (SSSR count). The maximum atomic E-state index is 12.3. The molecule has 1 heterocycles. The second kappa shape index (κ2) is 6.67. The number of aliphatic carboxylic acids is 1. The molecule has 0 aliphatic heterocycles. The van der Waals surface area contributed by atoms with Crippen molar-refractivity contribution in [3.05, 3.63) is 12.4 Å². The number of aromatic nitrogens is 2. The minimum absolute atomic E-state index is 0.0376. The number of carbonyl (C=O) groups is 1. The molecule has 0 unspecified atom stereocenters. The summed E-state index contributed by atoms with van der Waals surface area (Å²) in [6, 6.07) is 0. The zero-order valence-corrected chi connectivity index (χ0v) is 11.9. The van der Waals surface area contributed by atoms with Crippen molar-refractivity contribution in [3.8, 4) is 0 Å². The average Bonchev–Trinajstić information content (AvgIpc) is 2.77. The van der Waals surface area contributed by atoms with E-state index in [1.165, 1.54) is 16.7 Å². The van der Waals surface area contributed by atoms with Crippen LogP contribution in [0.25, 0.3) is 0 Å². The van der Waals surface area contributed by atoms with Gasteiger partial charge in [-0.2, -0.15) is 9.40 Å². The topological polar surface area (TPSA) is 92.5 Å². The predicted octanol–water partition coefficient (Wildman–Crippen LogP) is 0.778. The van der Waals surface area contributed by atoms with Crippen LogP contribution in [0.2, 0.25) is 0 Å². The summed E-state index contributed by atoms with van der Waals surface area (Å²) in [7, 11) is -3.58. The number of hydrogen-bond acceptors (Lipinski definition) is 4. The van der Waals surface area contributed by atoms with Gasteiger partial charge in [-0.25, -0.2) is 8.42 Å². The number of hydrogen-bond donors (Lipinski definition) is 1. The van der Waals surface area contributed by atoms with Crippen molar-refractivity contribution in [1.29, 1.82) is 0 Å². The van der Waals surface area contributed by atoms with Gasteiger partial charge in [0.1, 0.15) is 11.4 Å². The molecule has 0 spiro atoms. The second-order valence-corrected chi connectivity index (χ2v) is 6.11. The molecule has 0 amide bonds. The van der Waals surface area contributed by atoms with Crippen LogP contribution in [0.3, 0.4) is 0 Å². The molecule has 108 valence electrons. The summed E-state index contributed by atoms with van der Waals surface area (Å²) in [6.07, 6.45) is 3.89. The molecule has 0 fully saturated rings. The van der Waals surface area contributed by atoms with E-state index >= 15 is 0 Å². The van der Waals surface area contributed by atoms with E-state index in [1.54, 1.807) is 0 Å². The van der Waals surface area contributed by atoms with Crippen molar-refractivity contribution >= 4 is 16.0 Å². The Labute approximate surface area is 112 Å². The van der Waals surface area contributed by atoms with Crippen molar-refractivity contribution < 1.29 is 18.3 Å². The molecule has 1 N–H and O–H groups in total. The molecule has 0 saturated heterocycles. The van der Waals surface area contributed by atoms with Crippen molar-refractivity contribution in [2.45, 2.75) is 38.1 Å². The van der Waals surface area contributed by atoms with E-state index in [-0.39, 0.29) is 11.4 Å². The van der Waals surface area contributed by atoms with E-state index < -0.39 is 16.0 Å². The minimum atomic E-state index is -3.58. The molecule has 0 aromatic carbocycles. The van der Waals surface area contributed by atoms with Gasteiger partial charge in [-0.05, 0) is 12.8 Å². The summed E-state index contributed by atoms with van der Waals surface area (Å²) >= 11 is 0. The van der Waals surface area contributed by atoms with Gasteiger partial charge in [0.05, 0.1) is 6.20 Å². The van der Waals surface area contributed by atoms with Crippen LogP contribution < -0.4 is 0 Å². The molecule has 0 radical (unpaired) electrons. The average molecular weight is 289 g/mol. The highest BCUT2D eigenvalue weighted by Crippen LogP contribution is 2.15. The largest absolute Gasteiger partial charge is 0.480 e. The van der Waals surface area contributed by atoms with Gasteiger partial charge in [0.15, 0.2) is 0 Å². The molecule has 0 saturated carbocycles. The summed E-state index contributed by atoms with van der Waals surface area (Å²) < 4.78 is 27.2. The number of carboxylic acid groups (broad SMARTS) is 1. The van der Waals surface area contributed by atoms with Crippen LogP contribution in [0.15, 0.2) is 17.3 Å². The van der Waals surface area contributed by atoms with Crippen molar-refractivity contribution in [3.63, 3.8) is 0 Å². The Morgan fingerprint density at radius 2 is 1.95 bits per heavy atom. The van der Waals surface area contributed by atoms with Crippen LogP contribution in [0.4, 0.5) is 0 Å². The first kappa shape index (κ1) is 15.6. The fourth-order valence-corrected chi connectivity index (χ4v) is 3.28. The Balaban J connectivity index is 2.97. The van der Waals surface area contributed by atoms with E-state index in [4.69, 9.17) is 5.11 Å². The van der Waals surface area contributed by atoms with Crippen molar-refractivity contribution in [2.24, 2.45) is 0 Å².